The molecule has 1 aliphatic heterocycles. The molecule has 2 aromatic carbocycles. The largest absolute Gasteiger partial charge is 0.393 e. The van der Waals surface area contributed by atoms with E-state index in [1.54, 1.807) is 35.2 Å². The minimum Gasteiger partial charge on any atom is -0.393 e. The van der Waals surface area contributed by atoms with E-state index in [2.05, 4.69) is 11.7 Å². The fourth-order valence-electron chi connectivity index (χ4n) is 3.33. The van der Waals surface area contributed by atoms with E-state index in [0.717, 1.165) is 0 Å². The Morgan fingerprint density at radius 2 is 1.63 bits per heavy atom. The summed E-state index contributed by atoms with van der Waals surface area (Å²) in [7, 11) is -4.05. The van der Waals surface area contributed by atoms with Crippen molar-refractivity contribution >= 4 is 21.8 Å². The molecular weight excluding hydrogens is 408 g/mol. The number of nitrogens with two attached hydrogens (primary N) is 4. The molecule has 1 fully saturated rings. The topological polar surface area (TPSA) is 203 Å². The number of nitrogen functional groups attached to an aromatic ring is 1. The lowest BCUT2D eigenvalue weighted by molar-refractivity contribution is 0.0546. The Balaban J connectivity index is 0.00000155. The van der Waals surface area contributed by atoms with Gasteiger partial charge in [-0.2, -0.15) is 0 Å². The molecule has 1 amide bonds. The molecule has 1 aliphatic rings. The van der Waals surface area contributed by atoms with E-state index in [0.29, 0.717) is 42.6 Å². The maximum atomic E-state index is 12.6. The predicted octanol–water partition coefficient (Wildman–Crippen LogP) is -0.299. The fourth-order valence-corrected chi connectivity index (χ4v) is 4.10. The number of primary sulfonamides is 1. The summed E-state index contributed by atoms with van der Waals surface area (Å²) in [6.45, 7) is 1.01. The number of amidine groups is 1. The molecule has 3 rings (SSSR count). The summed E-state index contributed by atoms with van der Waals surface area (Å²) in [5.41, 5.74) is 7.20. The van der Waals surface area contributed by atoms with Crippen molar-refractivity contribution in [3.05, 3.63) is 53.6 Å². The zero-order valence-electron chi connectivity index (χ0n) is 16.3. The van der Waals surface area contributed by atoms with Crippen LogP contribution in [0.25, 0.3) is 11.1 Å². The van der Waals surface area contributed by atoms with Gasteiger partial charge in [0.2, 0.25) is 10.0 Å². The molecule has 0 atom stereocenters. The number of aliphatic hydroxyl groups is 1. The average molecular weight is 435 g/mol. The summed E-state index contributed by atoms with van der Waals surface area (Å²) < 4.78 is 23.7. The summed E-state index contributed by atoms with van der Waals surface area (Å²) >= 11 is 0. The van der Waals surface area contributed by atoms with Crippen LogP contribution in [-0.2, 0) is 10.0 Å². The standard InChI is InChI=1S/C19H22N4O4S.H4N2/c20-18(21)17-15(2-1-3-16(17)28(22,26)27)12-4-6-13(7-5-12)19(25)23-10-8-14(24)9-11-23;1-2/h1-7,14,24H,8-11H2,(H3,20,21)(H2,22,26,27);1-2H2. The second-order valence-electron chi connectivity index (χ2n) is 6.74. The van der Waals surface area contributed by atoms with E-state index >= 15 is 0 Å². The molecule has 1 saturated heterocycles. The lowest BCUT2D eigenvalue weighted by Crippen LogP contribution is -2.40. The minimum atomic E-state index is -4.05. The minimum absolute atomic E-state index is 0.0362. The molecule has 0 unspecified atom stereocenters. The van der Waals surface area contributed by atoms with Gasteiger partial charge >= 0.3 is 0 Å². The molecule has 0 radical (unpaired) electrons. The maximum Gasteiger partial charge on any atom is 0.253 e. The first-order valence-electron chi connectivity index (χ1n) is 9.10. The highest BCUT2D eigenvalue weighted by Crippen LogP contribution is 2.28. The number of amides is 1. The van der Waals surface area contributed by atoms with Crippen molar-refractivity contribution in [3.63, 3.8) is 0 Å². The van der Waals surface area contributed by atoms with Crippen molar-refractivity contribution in [2.24, 2.45) is 22.6 Å². The number of rotatable bonds is 4. The Kier molecular flexibility index (Phi) is 7.65. The lowest BCUT2D eigenvalue weighted by Gasteiger charge is -2.29. The third kappa shape index (κ3) is 5.20. The molecule has 0 bridgehead atoms. The van der Waals surface area contributed by atoms with Gasteiger partial charge in [-0.3, -0.25) is 21.9 Å². The number of carbonyl (C=O) groups excluding carboxylic acids is 1. The van der Waals surface area contributed by atoms with Crippen LogP contribution in [-0.4, -0.2) is 49.4 Å². The van der Waals surface area contributed by atoms with Gasteiger partial charge in [0.1, 0.15) is 5.84 Å². The molecule has 0 spiro atoms. The number of likely N-dealkylation sites (tertiary alicyclic amines) is 1. The highest BCUT2D eigenvalue weighted by atomic mass is 32.2. The van der Waals surface area contributed by atoms with E-state index in [1.807, 2.05) is 0 Å². The number of carbonyl (C=O) groups is 1. The van der Waals surface area contributed by atoms with Crippen LogP contribution in [0.4, 0.5) is 0 Å². The first kappa shape index (κ1) is 23.4. The maximum absolute atomic E-state index is 12.6. The number of aliphatic hydroxyl groups excluding tert-OH is 1. The Morgan fingerprint density at radius 3 is 2.13 bits per heavy atom. The molecule has 1 heterocycles. The molecule has 162 valence electrons. The molecule has 11 heteroatoms. The molecule has 10 nitrogen and oxygen atoms in total. The molecule has 0 saturated carbocycles. The number of piperidine rings is 1. The summed E-state index contributed by atoms with van der Waals surface area (Å²) in [4.78, 5) is 14.1. The van der Waals surface area contributed by atoms with Crippen LogP contribution in [0.5, 0.6) is 0 Å². The highest BCUT2D eigenvalue weighted by molar-refractivity contribution is 7.89. The monoisotopic (exact) mass is 434 g/mol. The van der Waals surface area contributed by atoms with Gasteiger partial charge in [0.05, 0.1) is 11.0 Å². The molecule has 0 aromatic heterocycles. The predicted molar refractivity (Wildman–Crippen MR) is 114 cm³/mol. The Hall–Kier alpha value is -2.83. The van der Waals surface area contributed by atoms with Gasteiger partial charge < -0.3 is 15.7 Å². The zero-order chi connectivity index (χ0) is 22.5. The summed E-state index contributed by atoms with van der Waals surface area (Å²) in [5.74, 6) is 7.47. The van der Waals surface area contributed by atoms with Crippen molar-refractivity contribution in [2.75, 3.05) is 13.1 Å². The summed E-state index contributed by atoms with van der Waals surface area (Å²) in [5, 5.41) is 22.6. The molecular formula is C19H26N6O4S. The number of hydrogen-bond acceptors (Lipinski definition) is 7. The van der Waals surface area contributed by atoms with Gasteiger partial charge in [0, 0.05) is 24.2 Å². The third-order valence-corrected chi connectivity index (χ3v) is 5.75. The van der Waals surface area contributed by atoms with Gasteiger partial charge in [-0.25, -0.2) is 13.6 Å². The third-order valence-electron chi connectivity index (χ3n) is 4.80. The van der Waals surface area contributed by atoms with Crippen LogP contribution in [0.3, 0.4) is 0 Å². The zero-order valence-corrected chi connectivity index (χ0v) is 17.1. The van der Waals surface area contributed by atoms with E-state index < -0.39 is 15.9 Å². The van der Waals surface area contributed by atoms with E-state index in [4.69, 9.17) is 16.3 Å². The van der Waals surface area contributed by atoms with Gasteiger partial charge in [-0.1, -0.05) is 24.3 Å². The first-order valence-corrected chi connectivity index (χ1v) is 10.6. The average Bonchev–Trinajstić information content (AvgIpc) is 2.74. The van der Waals surface area contributed by atoms with Crippen LogP contribution in [0, 0.1) is 5.41 Å². The first-order chi connectivity index (χ1) is 14.2. The van der Waals surface area contributed by atoms with Crippen LogP contribution < -0.4 is 22.6 Å². The van der Waals surface area contributed by atoms with Gasteiger partial charge in [0.25, 0.3) is 5.91 Å². The fraction of sp³-hybridized carbons (Fsp3) is 0.263. The normalized spacial score (nSPS) is 14.6. The van der Waals surface area contributed by atoms with Crippen molar-refractivity contribution in [2.45, 2.75) is 23.8 Å². The molecule has 30 heavy (non-hydrogen) atoms. The number of hydrogen-bond donors (Lipinski definition) is 6. The van der Waals surface area contributed by atoms with E-state index in [-0.39, 0.29) is 22.5 Å². The molecule has 10 N–H and O–H groups in total. The van der Waals surface area contributed by atoms with Gasteiger partial charge in [-0.15, -0.1) is 0 Å². The van der Waals surface area contributed by atoms with Crippen LogP contribution in [0.15, 0.2) is 47.4 Å². The lowest BCUT2D eigenvalue weighted by atomic mass is 9.97. The summed E-state index contributed by atoms with van der Waals surface area (Å²) in [6.07, 6.45) is 0.765. The number of hydrazine groups is 1. The second-order valence-corrected chi connectivity index (χ2v) is 8.27. The van der Waals surface area contributed by atoms with Crippen LogP contribution in [0.1, 0.15) is 28.8 Å². The van der Waals surface area contributed by atoms with Crippen molar-refractivity contribution in [1.29, 1.82) is 5.41 Å². The molecule has 0 aliphatic carbocycles. The van der Waals surface area contributed by atoms with Crippen molar-refractivity contribution in [3.8, 4) is 11.1 Å². The van der Waals surface area contributed by atoms with E-state index in [1.165, 1.54) is 12.1 Å². The number of nitrogens with zero attached hydrogens (tertiary/aromatic N) is 1. The number of sulfonamides is 1. The van der Waals surface area contributed by atoms with Gasteiger partial charge in [0.15, 0.2) is 0 Å². The Labute approximate surface area is 175 Å². The van der Waals surface area contributed by atoms with Gasteiger partial charge in [-0.05, 0) is 42.2 Å². The SMILES string of the molecule is N=C(N)c1c(-c2ccc(C(=O)N3CCC(O)CC3)cc2)cccc1S(N)(=O)=O.NN. The summed E-state index contributed by atoms with van der Waals surface area (Å²) in [6, 6.07) is 11.1. The quantitative estimate of drug-likeness (QED) is 0.164. The second kappa shape index (κ2) is 9.78. The highest BCUT2D eigenvalue weighted by Gasteiger charge is 2.23. The smallest absolute Gasteiger partial charge is 0.253 e. The number of benzene rings is 2. The van der Waals surface area contributed by atoms with Crippen molar-refractivity contribution in [1.82, 2.24) is 4.90 Å². The Bertz CT molecular complexity index is 1020. The Morgan fingerprint density at radius 1 is 1.07 bits per heavy atom. The van der Waals surface area contributed by atoms with Crippen molar-refractivity contribution < 1.29 is 18.3 Å². The van der Waals surface area contributed by atoms with Crippen LogP contribution in [0.2, 0.25) is 0 Å². The molecule has 2 aromatic rings. The van der Waals surface area contributed by atoms with E-state index in [9.17, 15) is 18.3 Å². The number of nitrogens with one attached hydrogen (secondary N) is 1. The van der Waals surface area contributed by atoms with Crippen LogP contribution >= 0.6 is 0 Å².